The van der Waals surface area contributed by atoms with Gasteiger partial charge in [-0.05, 0) is 44.9 Å². The van der Waals surface area contributed by atoms with Gasteiger partial charge in [0.15, 0.2) is 6.10 Å². The van der Waals surface area contributed by atoms with Crippen molar-refractivity contribution in [2.45, 2.75) is 354 Å². The summed E-state index contributed by atoms with van der Waals surface area (Å²) < 4.78 is 39.7. The van der Waals surface area contributed by atoms with Gasteiger partial charge in [0.1, 0.15) is 12.7 Å². The minimum absolute atomic E-state index is 0.165. The Labute approximate surface area is 480 Å². The normalized spacial score (nSPS) is 13.3. The van der Waals surface area contributed by atoms with Crippen LogP contribution >= 0.6 is 7.82 Å². The van der Waals surface area contributed by atoms with Crippen LogP contribution in [0.5, 0.6) is 0 Å². The van der Waals surface area contributed by atoms with Crippen molar-refractivity contribution in [3.8, 4) is 0 Å². The predicted molar refractivity (Wildman–Crippen MR) is 326 cm³/mol. The standard InChI is InChI=1S/C66H125O11P/c1-4-7-10-13-16-19-22-25-27-29-31-33-35-38-40-43-46-49-52-55-64(68)73-59-63(77-66(70)57-54-51-48-45-42-39-36-34-32-30-28-26-23-20-17-14-11-8-5-2)61-75-78(71,72)74-60-62(58-67)76-65(69)56-53-50-47-44-41-37-24-21-18-15-12-9-6-3/h12,15,21,24,62-63,67H,4-11,13-14,16-20,22-23,25-61H2,1-3H3,(H,71,72)/b15-12-,24-21-. The summed E-state index contributed by atoms with van der Waals surface area (Å²) in [6.07, 6.45) is 64.2. The van der Waals surface area contributed by atoms with E-state index in [-0.39, 0.29) is 25.9 Å². The Morgan fingerprint density at radius 2 is 0.654 bits per heavy atom. The number of carbonyl (C=O) groups excluding carboxylic acids is 3. The summed E-state index contributed by atoms with van der Waals surface area (Å²) >= 11 is 0. The van der Waals surface area contributed by atoms with Crippen LogP contribution in [0.2, 0.25) is 0 Å². The average Bonchev–Trinajstić information content (AvgIpc) is 3.43. The molecule has 0 amide bonds. The molecule has 0 aliphatic heterocycles. The molecule has 0 aliphatic carbocycles. The average molecular weight is 1130 g/mol. The van der Waals surface area contributed by atoms with Crippen molar-refractivity contribution >= 4 is 25.7 Å². The lowest BCUT2D eigenvalue weighted by Crippen LogP contribution is -2.30. The molecule has 12 heteroatoms. The molecule has 0 aromatic heterocycles. The molecule has 0 fully saturated rings. The fraction of sp³-hybridized carbons (Fsp3) is 0.894. The number of aliphatic hydroxyl groups excluding tert-OH is 1. The van der Waals surface area contributed by atoms with Gasteiger partial charge in [-0.3, -0.25) is 23.4 Å². The first kappa shape index (κ1) is 76.0. The molecule has 0 aliphatic rings. The maximum atomic E-state index is 13.0. The summed E-state index contributed by atoms with van der Waals surface area (Å²) in [5.41, 5.74) is 0. The molecule has 0 bridgehead atoms. The number of hydrogen-bond donors (Lipinski definition) is 2. The minimum atomic E-state index is -4.75. The van der Waals surface area contributed by atoms with Gasteiger partial charge in [-0.1, -0.05) is 302 Å². The van der Waals surface area contributed by atoms with Crippen LogP contribution in [0.4, 0.5) is 0 Å². The number of aliphatic hydroxyl groups is 1. The zero-order valence-electron chi connectivity index (χ0n) is 51.2. The second kappa shape index (κ2) is 61.0. The summed E-state index contributed by atoms with van der Waals surface area (Å²) in [6.45, 7) is 4.66. The van der Waals surface area contributed by atoms with Crippen LogP contribution in [0.25, 0.3) is 0 Å². The van der Waals surface area contributed by atoms with Crippen molar-refractivity contribution in [1.29, 1.82) is 0 Å². The molecule has 0 saturated carbocycles. The number of hydrogen-bond acceptors (Lipinski definition) is 10. The van der Waals surface area contributed by atoms with Crippen molar-refractivity contribution in [1.82, 2.24) is 0 Å². The molecule has 78 heavy (non-hydrogen) atoms. The molecule has 0 radical (unpaired) electrons. The van der Waals surface area contributed by atoms with Crippen LogP contribution < -0.4 is 0 Å². The van der Waals surface area contributed by atoms with Crippen LogP contribution in [-0.4, -0.2) is 66.5 Å². The monoisotopic (exact) mass is 1120 g/mol. The summed E-state index contributed by atoms with van der Waals surface area (Å²) in [5.74, 6) is -1.44. The molecule has 0 rings (SSSR count). The molecule has 0 saturated heterocycles. The molecule has 460 valence electrons. The molecule has 0 heterocycles. The second-order valence-electron chi connectivity index (χ2n) is 22.7. The number of carbonyl (C=O) groups is 3. The first-order chi connectivity index (χ1) is 38.2. The maximum absolute atomic E-state index is 13.0. The Bertz CT molecular complexity index is 1400. The Balaban J connectivity index is 4.64. The van der Waals surface area contributed by atoms with E-state index in [9.17, 15) is 28.9 Å². The fourth-order valence-corrected chi connectivity index (χ4v) is 10.6. The van der Waals surface area contributed by atoms with Crippen LogP contribution in [0.3, 0.4) is 0 Å². The molecule has 3 unspecified atom stereocenters. The van der Waals surface area contributed by atoms with E-state index in [2.05, 4.69) is 45.1 Å². The van der Waals surface area contributed by atoms with Crippen molar-refractivity contribution in [3.05, 3.63) is 24.3 Å². The number of esters is 3. The van der Waals surface area contributed by atoms with Gasteiger partial charge < -0.3 is 24.2 Å². The van der Waals surface area contributed by atoms with Crippen LogP contribution in [-0.2, 0) is 42.2 Å². The number of phosphoric acid groups is 1. The van der Waals surface area contributed by atoms with E-state index in [0.29, 0.717) is 19.3 Å². The third kappa shape index (κ3) is 58.6. The molecule has 0 aromatic rings. The quantitative estimate of drug-likeness (QED) is 0.0197. The molecular weight excluding hydrogens is 1000 g/mol. The number of ether oxygens (including phenoxy) is 3. The molecule has 0 aromatic carbocycles. The van der Waals surface area contributed by atoms with Crippen molar-refractivity contribution in [2.24, 2.45) is 0 Å². The van der Waals surface area contributed by atoms with Crippen molar-refractivity contribution in [3.63, 3.8) is 0 Å². The highest BCUT2D eigenvalue weighted by Gasteiger charge is 2.28. The Morgan fingerprint density at radius 3 is 1.00 bits per heavy atom. The van der Waals surface area contributed by atoms with Gasteiger partial charge in [0, 0.05) is 19.3 Å². The van der Waals surface area contributed by atoms with Gasteiger partial charge in [-0.25, -0.2) is 4.57 Å². The number of rotatable bonds is 63. The fourth-order valence-electron chi connectivity index (χ4n) is 9.81. The van der Waals surface area contributed by atoms with E-state index in [4.69, 9.17) is 23.3 Å². The van der Waals surface area contributed by atoms with Crippen LogP contribution in [0.15, 0.2) is 24.3 Å². The third-order valence-electron chi connectivity index (χ3n) is 14.9. The van der Waals surface area contributed by atoms with E-state index in [0.717, 1.165) is 83.5 Å². The molecule has 3 atom stereocenters. The van der Waals surface area contributed by atoms with E-state index in [1.807, 2.05) is 0 Å². The Kier molecular flexibility index (Phi) is 59.4. The summed E-state index contributed by atoms with van der Waals surface area (Å²) in [5, 5.41) is 9.84. The van der Waals surface area contributed by atoms with Gasteiger partial charge in [0.05, 0.1) is 19.8 Å². The zero-order valence-corrected chi connectivity index (χ0v) is 52.1. The van der Waals surface area contributed by atoms with E-state index in [1.165, 1.54) is 199 Å². The van der Waals surface area contributed by atoms with E-state index >= 15 is 0 Å². The predicted octanol–water partition coefficient (Wildman–Crippen LogP) is 20.2. The van der Waals surface area contributed by atoms with Crippen molar-refractivity contribution < 1.29 is 52.2 Å². The zero-order chi connectivity index (χ0) is 56.9. The molecule has 2 N–H and O–H groups in total. The van der Waals surface area contributed by atoms with E-state index in [1.54, 1.807) is 0 Å². The smallest absolute Gasteiger partial charge is 0.462 e. The lowest BCUT2D eigenvalue weighted by Gasteiger charge is -2.21. The lowest BCUT2D eigenvalue weighted by molar-refractivity contribution is -0.161. The summed E-state index contributed by atoms with van der Waals surface area (Å²) in [7, 11) is -4.75. The van der Waals surface area contributed by atoms with Crippen LogP contribution in [0.1, 0.15) is 342 Å². The lowest BCUT2D eigenvalue weighted by atomic mass is 10.0. The van der Waals surface area contributed by atoms with Gasteiger partial charge in [-0.2, -0.15) is 0 Å². The van der Waals surface area contributed by atoms with Gasteiger partial charge in [0.2, 0.25) is 0 Å². The Hall–Kier alpha value is -2.04. The number of phosphoric ester groups is 1. The molecular formula is C66H125O11P. The number of unbranched alkanes of at least 4 members (excludes halogenated alkanes) is 42. The molecule has 11 nitrogen and oxygen atoms in total. The van der Waals surface area contributed by atoms with E-state index < -0.39 is 57.8 Å². The first-order valence-electron chi connectivity index (χ1n) is 33.2. The van der Waals surface area contributed by atoms with Crippen LogP contribution in [0, 0.1) is 0 Å². The highest BCUT2D eigenvalue weighted by Crippen LogP contribution is 2.43. The van der Waals surface area contributed by atoms with Gasteiger partial charge in [-0.15, -0.1) is 0 Å². The SMILES string of the molecule is CCC/C=C\C/C=C\CCCCCCCC(=O)OC(CO)COP(=O)(O)OCC(COC(=O)CCCCCCCCCCCCCCCCCCCCC)OC(=O)CCCCCCCCCCCCCCCCCCCCC. The first-order valence-corrected chi connectivity index (χ1v) is 34.7. The minimum Gasteiger partial charge on any atom is -0.462 e. The number of allylic oxidation sites excluding steroid dienone is 4. The largest absolute Gasteiger partial charge is 0.472 e. The second-order valence-corrected chi connectivity index (χ2v) is 24.1. The topological polar surface area (TPSA) is 155 Å². The maximum Gasteiger partial charge on any atom is 0.472 e. The highest BCUT2D eigenvalue weighted by molar-refractivity contribution is 7.47. The summed E-state index contributed by atoms with van der Waals surface area (Å²) in [6, 6.07) is 0. The Morgan fingerprint density at radius 1 is 0.359 bits per heavy atom. The molecule has 0 spiro atoms. The van der Waals surface area contributed by atoms with Gasteiger partial charge in [0.25, 0.3) is 0 Å². The highest BCUT2D eigenvalue weighted by atomic mass is 31.2. The van der Waals surface area contributed by atoms with Gasteiger partial charge >= 0.3 is 25.7 Å². The summed E-state index contributed by atoms with van der Waals surface area (Å²) in [4.78, 5) is 48.8. The van der Waals surface area contributed by atoms with Crippen molar-refractivity contribution in [2.75, 3.05) is 26.4 Å². The third-order valence-corrected chi connectivity index (χ3v) is 15.8.